The van der Waals surface area contributed by atoms with Crippen molar-refractivity contribution in [3.8, 4) is 5.75 Å². The number of benzene rings is 1. The van der Waals surface area contributed by atoms with Gasteiger partial charge >= 0.3 is 0 Å². The molecule has 0 aliphatic carbocycles. The van der Waals surface area contributed by atoms with E-state index >= 15 is 0 Å². The van der Waals surface area contributed by atoms with Gasteiger partial charge in [-0.2, -0.15) is 5.10 Å². The van der Waals surface area contributed by atoms with Crippen LogP contribution in [0.25, 0.3) is 0 Å². The molecular formula is C13H16BrN3O. The van der Waals surface area contributed by atoms with E-state index in [2.05, 4.69) is 45.1 Å². The van der Waals surface area contributed by atoms with E-state index in [1.54, 1.807) is 13.3 Å². The van der Waals surface area contributed by atoms with Crippen LogP contribution in [0.15, 0.2) is 41.1 Å². The summed E-state index contributed by atoms with van der Waals surface area (Å²) in [6.07, 6.45) is 3.75. The first-order chi connectivity index (χ1) is 8.67. The minimum Gasteiger partial charge on any atom is -0.497 e. The Balaban J connectivity index is 1.96. The van der Waals surface area contributed by atoms with Crippen LogP contribution in [0, 0.1) is 0 Å². The molecule has 18 heavy (non-hydrogen) atoms. The second kappa shape index (κ2) is 6.02. The number of nitrogens with zero attached hydrogens (tertiary/aromatic N) is 3. The summed E-state index contributed by atoms with van der Waals surface area (Å²) in [4.78, 5) is 2.19. The Hall–Kier alpha value is -1.33. The SMILES string of the molecule is COc1cccc(CN(C)Cn2cc(Br)cn2)c1. The molecule has 0 aliphatic heterocycles. The highest BCUT2D eigenvalue weighted by Crippen LogP contribution is 2.14. The Morgan fingerprint density at radius 3 is 2.94 bits per heavy atom. The fraction of sp³-hybridized carbons (Fsp3) is 0.308. The quantitative estimate of drug-likeness (QED) is 0.851. The lowest BCUT2D eigenvalue weighted by atomic mass is 10.2. The van der Waals surface area contributed by atoms with Crippen LogP contribution in [0.2, 0.25) is 0 Å². The third-order valence-electron chi connectivity index (χ3n) is 2.57. The molecule has 0 saturated heterocycles. The first kappa shape index (κ1) is 13.1. The maximum atomic E-state index is 5.22. The van der Waals surface area contributed by atoms with Crippen molar-refractivity contribution >= 4 is 15.9 Å². The number of ether oxygens (including phenoxy) is 1. The highest BCUT2D eigenvalue weighted by Gasteiger charge is 2.03. The van der Waals surface area contributed by atoms with Crippen molar-refractivity contribution in [2.75, 3.05) is 14.2 Å². The van der Waals surface area contributed by atoms with Crippen LogP contribution in [-0.4, -0.2) is 28.8 Å². The predicted octanol–water partition coefficient (Wildman–Crippen LogP) is 2.74. The molecule has 4 nitrogen and oxygen atoms in total. The Kier molecular flexibility index (Phi) is 4.38. The molecule has 1 aromatic heterocycles. The molecular weight excluding hydrogens is 294 g/mol. The van der Waals surface area contributed by atoms with E-state index in [-0.39, 0.29) is 0 Å². The molecule has 0 atom stereocenters. The zero-order chi connectivity index (χ0) is 13.0. The average molecular weight is 310 g/mol. The van der Waals surface area contributed by atoms with Gasteiger partial charge in [0.25, 0.3) is 0 Å². The molecule has 0 fully saturated rings. The first-order valence-corrected chi connectivity index (χ1v) is 6.46. The summed E-state index contributed by atoms with van der Waals surface area (Å²) < 4.78 is 8.11. The number of rotatable bonds is 5. The Bertz CT molecular complexity index is 512. The Labute approximate surface area is 115 Å². The van der Waals surface area contributed by atoms with Gasteiger partial charge < -0.3 is 4.74 Å². The lowest BCUT2D eigenvalue weighted by molar-refractivity contribution is 0.246. The highest BCUT2D eigenvalue weighted by molar-refractivity contribution is 9.10. The molecule has 0 bridgehead atoms. The number of halogens is 1. The molecule has 0 aliphatic rings. The zero-order valence-electron chi connectivity index (χ0n) is 10.5. The molecule has 0 unspecified atom stereocenters. The van der Waals surface area contributed by atoms with E-state index in [9.17, 15) is 0 Å². The summed E-state index contributed by atoms with van der Waals surface area (Å²) in [5.74, 6) is 0.891. The van der Waals surface area contributed by atoms with Crippen molar-refractivity contribution in [1.82, 2.24) is 14.7 Å². The van der Waals surface area contributed by atoms with E-state index in [4.69, 9.17) is 4.74 Å². The standard InChI is InChI=1S/C13H16BrN3O/c1-16(10-17-9-12(14)7-15-17)8-11-4-3-5-13(6-11)18-2/h3-7,9H,8,10H2,1-2H3. The van der Waals surface area contributed by atoms with Crippen molar-refractivity contribution in [3.63, 3.8) is 0 Å². The van der Waals surface area contributed by atoms with Gasteiger partial charge in [0, 0.05) is 12.7 Å². The van der Waals surface area contributed by atoms with Crippen LogP contribution in [0.3, 0.4) is 0 Å². The summed E-state index contributed by atoms with van der Waals surface area (Å²) in [5.41, 5.74) is 1.23. The molecule has 2 rings (SSSR count). The number of hydrogen-bond acceptors (Lipinski definition) is 3. The smallest absolute Gasteiger partial charge is 0.119 e. The summed E-state index contributed by atoms with van der Waals surface area (Å²) in [5, 5.41) is 4.23. The van der Waals surface area contributed by atoms with Gasteiger partial charge in [0.15, 0.2) is 0 Å². The van der Waals surface area contributed by atoms with E-state index in [1.165, 1.54) is 5.56 Å². The van der Waals surface area contributed by atoms with Crippen LogP contribution >= 0.6 is 15.9 Å². The minimum atomic E-state index is 0.753. The van der Waals surface area contributed by atoms with Crippen molar-refractivity contribution in [3.05, 3.63) is 46.7 Å². The van der Waals surface area contributed by atoms with Crippen LogP contribution in [-0.2, 0) is 13.2 Å². The molecule has 0 saturated carbocycles. The lowest BCUT2D eigenvalue weighted by Crippen LogP contribution is -2.21. The topological polar surface area (TPSA) is 30.3 Å². The van der Waals surface area contributed by atoms with E-state index in [0.717, 1.165) is 23.4 Å². The maximum Gasteiger partial charge on any atom is 0.119 e. The summed E-state index contributed by atoms with van der Waals surface area (Å²) in [7, 11) is 3.75. The van der Waals surface area contributed by atoms with Gasteiger partial charge in [0.2, 0.25) is 0 Å². The fourth-order valence-electron chi connectivity index (χ4n) is 1.80. The van der Waals surface area contributed by atoms with Gasteiger partial charge in [-0.15, -0.1) is 0 Å². The van der Waals surface area contributed by atoms with Crippen LogP contribution < -0.4 is 4.74 Å². The van der Waals surface area contributed by atoms with Crippen LogP contribution in [0.1, 0.15) is 5.56 Å². The zero-order valence-corrected chi connectivity index (χ0v) is 12.1. The van der Waals surface area contributed by atoms with Gasteiger partial charge in [0.1, 0.15) is 5.75 Å². The van der Waals surface area contributed by atoms with Crippen LogP contribution in [0.4, 0.5) is 0 Å². The summed E-state index contributed by atoms with van der Waals surface area (Å²) in [6, 6.07) is 8.11. The predicted molar refractivity (Wildman–Crippen MR) is 74.4 cm³/mol. The van der Waals surface area contributed by atoms with Crippen molar-refractivity contribution < 1.29 is 4.74 Å². The second-order valence-corrected chi connectivity index (χ2v) is 5.12. The van der Waals surface area contributed by atoms with Gasteiger partial charge in [-0.05, 0) is 40.7 Å². The normalized spacial score (nSPS) is 10.9. The second-order valence-electron chi connectivity index (χ2n) is 4.21. The molecule has 2 aromatic rings. The van der Waals surface area contributed by atoms with Crippen molar-refractivity contribution in [1.29, 1.82) is 0 Å². The largest absolute Gasteiger partial charge is 0.497 e. The third-order valence-corrected chi connectivity index (χ3v) is 2.98. The molecule has 0 spiro atoms. The third kappa shape index (κ3) is 3.58. The monoisotopic (exact) mass is 309 g/mol. The van der Waals surface area contributed by atoms with Crippen LogP contribution in [0.5, 0.6) is 5.75 Å². The molecule has 1 heterocycles. The highest BCUT2D eigenvalue weighted by atomic mass is 79.9. The Morgan fingerprint density at radius 1 is 1.44 bits per heavy atom. The average Bonchev–Trinajstić information content (AvgIpc) is 2.74. The minimum absolute atomic E-state index is 0.753. The van der Waals surface area contributed by atoms with E-state index in [1.807, 2.05) is 23.0 Å². The van der Waals surface area contributed by atoms with Gasteiger partial charge in [-0.25, -0.2) is 0 Å². The molecule has 1 aromatic carbocycles. The maximum absolute atomic E-state index is 5.22. The number of aromatic nitrogens is 2. The lowest BCUT2D eigenvalue weighted by Gasteiger charge is -2.17. The van der Waals surface area contributed by atoms with Gasteiger partial charge in [-0.3, -0.25) is 9.58 Å². The molecule has 0 amide bonds. The Morgan fingerprint density at radius 2 is 2.28 bits per heavy atom. The molecule has 96 valence electrons. The molecule has 0 N–H and O–H groups in total. The van der Waals surface area contributed by atoms with Gasteiger partial charge in [0.05, 0.1) is 24.4 Å². The van der Waals surface area contributed by atoms with Gasteiger partial charge in [-0.1, -0.05) is 12.1 Å². The number of hydrogen-bond donors (Lipinski definition) is 0. The van der Waals surface area contributed by atoms with Crippen molar-refractivity contribution in [2.45, 2.75) is 13.2 Å². The van der Waals surface area contributed by atoms with E-state index in [0.29, 0.717) is 0 Å². The number of methoxy groups -OCH3 is 1. The van der Waals surface area contributed by atoms with E-state index < -0.39 is 0 Å². The molecule has 0 radical (unpaired) electrons. The fourth-order valence-corrected chi connectivity index (χ4v) is 2.12. The van der Waals surface area contributed by atoms with Crippen molar-refractivity contribution in [2.24, 2.45) is 0 Å². The summed E-state index contributed by atoms with van der Waals surface area (Å²) in [6.45, 7) is 1.61. The summed E-state index contributed by atoms with van der Waals surface area (Å²) >= 11 is 3.39. The first-order valence-electron chi connectivity index (χ1n) is 5.67. The molecule has 5 heteroatoms.